The van der Waals surface area contributed by atoms with Crippen LogP contribution in [0, 0.1) is 23.7 Å². The molecule has 0 spiro atoms. The predicted molar refractivity (Wildman–Crippen MR) is 132 cm³/mol. The molecular formula is C30H29NO3. The van der Waals surface area contributed by atoms with Gasteiger partial charge in [-0.15, -0.1) is 0 Å². The maximum absolute atomic E-state index is 13.1. The van der Waals surface area contributed by atoms with Crippen molar-refractivity contribution in [1.82, 2.24) is 0 Å². The van der Waals surface area contributed by atoms with Crippen LogP contribution in [0.5, 0.6) is 11.5 Å². The molecule has 1 heterocycles. The van der Waals surface area contributed by atoms with Gasteiger partial charge in [-0.05, 0) is 78.6 Å². The molecule has 1 aliphatic heterocycles. The zero-order valence-corrected chi connectivity index (χ0v) is 19.6. The molecule has 0 radical (unpaired) electrons. The van der Waals surface area contributed by atoms with Crippen molar-refractivity contribution in [2.45, 2.75) is 38.5 Å². The lowest BCUT2D eigenvalue weighted by Crippen LogP contribution is -2.32. The number of imide groups is 1. The van der Waals surface area contributed by atoms with Gasteiger partial charge in [0.15, 0.2) is 0 Å². The molecule has 6 rings (SSSR count). The lowest BCUT2D eigenvalue weighted by Gasteiger charge is -2.26. The van der Waals surface area contributed by atoms with E-state index >= 15 is 0 Å². The summed E-state index contributed by atoms with van der Waals surface area (Å²) in [5.41, 5.74) is 3.03. The Kier molecular flexibility index (Phi) is 4.87. The Morgan fingerprint density at radius 1 is 0.706 bits per heavy atom. The second-order valence-electron chi connectivity index (χ2n) is 10.5. The minimum Gasteiger partial charge on any atom is -0.457 e. The first-order valence-corrected chi connectivity index (χ1v) is 12.3. The van der Waals surface area contributed by atoms with Crippen LogP contribution in [0.1, 0.15) is 44.2 Å². The number of carbonyl (C=O) groups is 2. The van der Waals surface area contributed by atoms with E-state index in [1.165, 1.54) is 16.0 Å². The maximum Gasteiger partial charge on any atom is 0.237 e. The van der Waals surface area contributed by atoms with E-state index in [4.69, 9.17) is 4.74 Å². The molecule has 3 aromatic carbocycles. The molecule has 3 fully saturated rings. The first-order chi connectivity index (χ1) is 16.4. The highest BCUT2D eigenvalue weighted by atomic mass is 16.5. The Balaban J connectivity index is 1.16. The number of rotatable bonds is 5. The third-order valence-corrected chi connectivity index (χ3v) is 8.33. The van der Waals surface area contributed by atoms with Gasteiger partial charge in [-0.3, -0.25) is 14.5 Å². The first kappa shape index (κ1) is 21.2. The summed E-state index contributed by atoms with van der Waals surface area (Å²) in [6, 6.07) is 26.0. The molecule has 3 aromatic rings. The highest BCUT2D eigenvalue weighted by Gasteiger charge is 2.61. The van der Waals surface area contributed by atoms with E-state index in [0.29, 0.717) is 23.3 Å². The largest absolute Gasteiger partial charge is 0.457 e. The second-order valence-corrected chi connectivity index (χ2v) is 10.5. The summed E-state index contributed by atoms with van der Waals surface area (Å²) in [4.78, 5) is 27.5. The van der Waals surface area contributed by atoms with Crippen LogP contribution in [0.4, 0.5) is 5.69 Å². The molecular weight excluding hydrogens is 422 g/mol. The fourth-order valence-electron chi connectivity index (χ4n) is 6.42. The quantitative estimate of drug-likeness (QED) is 0.425. The highest BCUT2D eigenvalue weighted by molar-refractivity contribution is 6.22. The van der Waals surface area contributed by atoms with Crippen LogP contribution >= 0.6 is 0 Å². The van der Waals surface area contributed by atoms with Crippen LogP contribution in [-0.4, -0.2) is 11.8 Å². The predicted octanol–water partition coefficient (Wildman–Crippen LogP) is 6.34. The molecule has 1 saturated heterocycles. The number of ether oxygens (including phenoxy) is 1. The monoisotopic (exact) mass is 451 g/mol. The average molecular weight is 452 g/mol. The topological polar surface area (TPSA) is 46.6 Å². The number of hydrogen-bond acceptors (Lipinski definition) is 3. The summed E-state index contributed by atoms with van der Waals surface area (Å²) < 4.78 is 6.05. The van der Waals surface area contributed by atoms with E-state index in [1.807, 2.05) is 42.5 Å². The van der Waals surface area contributed by atoms with Crippen molar-refractivity contribution in [2.75, 3.05) is 4.90 Å². The molecule has 172 valence electrons. The first-order valence-electron chi connectivity index (χ1n) is 12.3. The van der Waals surface area contributed by atoms with Crippen LogP contribution in [0.2, 0.25) is 0 Å². The van der Waals surface area contributed by atoms with Crippen molar-refractivity contribution in [2.24, 2.45) is 23.7 Å². The zero-order valence-electron chi connectivity index (χ0n) is 19.6. The molecule has 4 nitrogen and oxygen atoms in total. The number of anilines is 1. The summed E-state index contributed by atoms with van der Waals surface area (Å²) in [7, 11) is 0. The summed E-state index contributed by atoms with van der Waals surface area (Å²) in [5.74, 6) is 2.02. The van der Waals surface area contributed by atoms with E-state index in [0.717, 1.165) is 25.0 Å². The third-order valence-electron chi connectivity index (χ3n) is 8.33. The fraction of sp³-hybridized carbons (Fsp3) is 0.333. The van der Waals surface area contributed by atoms with Crippen LogP contribution < -0.4 is 9.64 Å². The number of carbonyl (C=O) groups excluding carboxylic acids is 2. The van der Waals surface area contributed by atoms with Crippen molar-refractivity contribution in [3.05, 3.63) is 90.0 Å². The molecule has 2 saturated carbocycles. The van der Waals surface area contributed by atoms with Crippen LogP contribution in [0.25, 0.3) is 0 Å². The molecule has 2 amide bonds. The van der Waals surface area contributed by atoms with Gasteiger partial charge in [0.1, 0.15) is 11.5 Å². The number of nitrogens with zero attached hydrogens (tertiary/aromatic N) is 1. The van der Waals surface area contributed by atoms with E-state index in [1.54, 1.807) is 0 Å². The number of fused-ring (bicyclic) bond motifs is 5. The Hall–Kier alpha value is -3.40. The number of amides is 2. The Labute approximate surface area is 200 Å². The maximum atomic E-state index is 13.1. The van der Waals surface area contributed by atoms with Crippen molar-refractivity contribution in [3.63, 3.8) is 0 Å². The lowest BCUT2D eigenvalue weighted by molar-refractivity contribution is -0.123. The molecule has 4 atom stereocenters. The van der Waals surface area contributed by atoms with E-state index < -0.39 is 0 Å². The van der Waals surface area contributed by atoms with Crippen molar-refractivity contribution in [1.29, 1.82) is 0 Å². The van der Waals surface area contributed by atoms with Gasteiger partial charge >= 0.3 is 0 Å². The molecule has 4 unspecified atom stereocenters. The van der Waals surface area contributed by atoms with E-state index in [-0.39, 0.29) is 29.1 Å². The summed E-state index contributed by atoms with van der Waals surface area (Å²) in [6.07, 6.45) is 3.23. The van der Waals surface area contributed by atoms with Crippen LogP contribution in [0.15, 0.2) is 78.9 Å². The van der Waals surface area contributed by atoms with Crippen LogP contribution in [0.3, 0.4) is 0 Å². The van der Waals surface area contributed by atoms with Gasteiger partial charge in [-0.2, -0.15) is 0 Å². The normalized spacial score (nSPS) is 25.6. The number of hydrogen-bond donors (Lipinski definition) is 0. The van der Waals surface area contributed by atoms with Gasteiger partial charge < -0.3 is 4.74 Å². The molecule has 34 heavy (non-hydrogen) atoms. The standard InChI is InChI=1S/C30H29NO3/c1-30(2,21-6-4-3-5-7-21)22-10-14-24(15-11-22)34-25-16-12-23(13-17-25)31-28(32)26-19-8-9-20(18-19)27(26)29(31)33/h3-7,10-17,19-20,26-27H,8-9,18H2,1-2H3. The van der Waals surface area contributed by atoms with Gasteiger partial charge in [0.25, 0.3) is 0 Å². The Morgan fingerprint density at radius 3 is 1.76 bits per heavy atom. The van der Waals surface area contributed by atoms with Gasteiger partial charge in [0.2, 0.25) is 11.8 Å². The van der Waals surface area contributed by atoms with E-state index in [9.17, 15) is 9.59 Å². The van der Waals surface area contributed by atoms with Gasteiger partial charge in [0.05, 0.1) is 17.5 Å². The summed E-state index contributed by atoms with van der Waals surface area (Å²) in [5, 5.41) is 0. The average Bonchev–Trinajstić information content (AvgIpc) is 3.54. The second kappa shape index (κ2) is 7.83. The summed E-state index contributed by atoms with van der Waals surface area (Å²) >= 11 is 0. The highest BCUT2D eigenvalue weighted by Crippen LogP contribution is 2.56. The molecule has 2 bridgehead atoms. The SMILES string of the molecule is CC(C)(c1ccccc1)c1ccc(Oc2ccc(N3C(=O)C4C5CCC(C5)C4C3=O)cc2)cc1. The smallest absolute Gasteiger partial charge is 0.237 e. The number of benzene rings is 3. The fourth-order valence-corrected chi connectivity index (χ4v) is 6.42. The zero-order chi connectivity index (χ0) is 23.4. The molecule has 2 aliphatic carbocycles. The molecule has 0 N–H and O–H groups in total. The van der Waals surface area contributed by atoms with Gasteiger partial charge in [-0.25, -0.2) is 0 Å². The minimum atomic E-state index is -0.103. The summed E-state index contributed by atoms with van der Waals surface area (Å²) in [6.45, 7) is 4.44. The van der Waals surface area contributed by atoms with Crippen LogP contribution in [-0.2, 0) is 15.0 Å². The third kappa shape index (κ3) is 3.27. The van der Waals surface area contributed by atoms with E-state index in [2.05, 4.69) is 50.2 Å². The Morgan fingerprint density at radius 2 is 1.21 bits per heavy atom. The van der Waals surface area contributed by atoms with Crippen molar-refractivity contribution in [3.8, 4) is 11.5 Å². The molecule has 0 aromatic heterocycles. The Bertz CT molecular complexity index is 1200. The minimum absolute atomic E-state index is 0.00696. The van der Waals surface area contributed by atoms with Gasteiger partial charge in [0, 0.05) is 5.41 Å². The van der Waals surface area contributed by atoms with Gasteiger partial charge in [-0.1, -0.05) is 56.3 Å². The molecule has 4 heteroatoms. The van der Waals surface area contributed by atoms with Crippen molar-refractivity contribution >= 4 is 17.5 Å². The lowest BCUT2D eigenvalue weighted by atomic mass is 9.78. The molecule has 3 aliphatic rings. The van der Waals surface area contributed by atoms with Crippen molar-refractivity contribution < 1.29 is 14.3 Å².